The van der Waals surface area contributed by atoms with Gasteiger partial charge in [0.25, 0.3) is 5.69 Å². The zero-order valence-electron chi connectivity index (χ0n) is 10.3. The van der Waals surface area contributed by atoms with Gasteiger partial charge in [-0.15, -0.1) is 0 Å². The van der Waals surface area contributed by atoms with Crippen LogP contribution in [0.5, 0.6) is 0 Å². The molecule has 102 valence electrons. The number of nitro groups is 1. The molecule has 5 nitrogen and oxygen atoms in total. The Labute approximate surface area is 123 Å². The smallest absolute Gasteiger partial charge is 0.339 e. The molecule has 2 aromatic rings. The number of hydrogen-bond acceptors (Lipinski definition) is 4. The van der Waals surface area contributed by atoms with E-state index in [1.807, 2.05) is 0 Å². The van der Waals surface area contributed by atoms with Gasteiger partial charge >= 0.3 is 5.97 Å². The molecule has 0 aliphatic carbocycles. The number of esters is 1. The number of ether oxygens (including phenoxy) is 1. The Bertz CT molecular complexity index is 640. The molecule has 0 heterocycles. The van der Waals surface area contributed by atoms with Gasteiger partial charge in [-0.1, -0.05) is 12.1 Å². The van der Waals surface area contributed by atoms with E-state index in [0.29, 0.717) is 15.6 Å². The summed E-state index contributed by atoms with van der Waals surface area (Å²) in [5, 5.41) is 10.5. The first-order valence-electron chi connectivity index (χ1n) is 5.73. The normalized spacial score (nSPS) is 10.1. The largest absolute Gasteiger partial charge is 0.457 e. The van der Waals surface area contributed by atoms with Gasteiger partial charge in [0.05, 0.1) is 10.5 Å². The summed E-state index contributed by atoms with van der Waals surface area (Å²) in [5.41, 5.74) is 1.14. The molecule has 0 spiro atoms. The summed E-state index contributed by atoms with van der Waals surface area (Å²) in [6, 6.07) is 12.8. The molecule has 0 aliphatic rings. The third-order valence-electron chi connectivity index (χ3n) is 2.61. The monoisotopic (exact) mass is 335 g/mol. The Morgan fingerprint density at radius 1 is 1.15 bits per heavy atom. The van der Waals surface area contributed by atoms with Crippen LogP contribution in [0.1, 0.15) is 15.9 Å². The summed E-state index contributed by atoms with van der Waals surface area (Å²) < 4.78 is 5.82. The minimum Gasteiger partial charge on any atom is -0.457 e. The lowest BCUT2D eigenvalue weighted by molar-refractivity contribution is -0.384. The van der Waals surface area contributed by atoms with Gasteiger partial charge in [-0.25, -0.2) is 4.79 Å². The number of carbonyl (C=O) groups excluding carboxylic acids is 1. The second-order valence-electron chi connectivity index (χ2n) is 3.98. The molecule has 2 aromatic carbocycles. The van der Waals surface area contributed by atoms with Gasteiger partial charge < -0.3 is 4.74 Å². The second-order valence-corrected chi connectivity index (χ2v) is 4.83. The summed E-state index contributed by atoms with van der Waals surface area (Å²) in [5.74, 6) is -0.448. The van der Waals surface area contributed by atoms with Gasteiger partial charge in [-0.2, -0.15) is 0 Å². The highest BCUT2D eigenvalue weighted by Gasteiger charge is 2.11. The molecule has 0 radical (unpaired) electrons. The molecule has 0 unspecified atom stereocenters. The Hall–Kier alpha value is -2.21. The average molecular weight is 336 g/mol. The van der Waals surface area contributed by atoms with E-state index in [1.165, 1.54) is 12.1 Å². The highest BCUT2D eigenvalue weighted by atomic mass is 79.9. The summed E-state index contributed by atoms with van der Waals surface area (Å²) in [6.45, 7) is 0.0676. The molecule has 0 aromatic heterocycles. The number of halogens is 1. The van der Waals surface area contributed by atoms with E-state index >= 15 is 0 Å². The molecule has 0 saturated heterocycles. The zero-order valence-corrected chi connectivity index (χ0v) is 11.9. The fourth-order valence-corrected chi connectivity index (χ4v) is 2.01. The van der Waals surface area contributed by atoms with Gasteiger partial charge in [0.2, 0.25) is 0 Å². The van der Waals surface area contributed by atoms with Crippen molar-refractivity contribution >= 4 is 27.6 Å². The van der Waals surface area contributed by atoms with Crippen molar-refractivity contribution in [3.05, 3.63) is 74.2 Å². The minimum absolute atomic E-state index is 0.00544. The van der Waals surface area contributed by atoms with Gasteiger partial charge in [0.1, 0.15) is 6.61 Å². The topological polar surface area (TPSA) is 69.4 Å². The van der Waals surface area contributed by atoms with E-state index in [0.717, 1.165) is 0 Å². The van der Waals surface area contributed by atoms with Crippen LogP contribution in [0, 0.1) is 10.1 Å². The van der Waals surface area contributed by atoms with Gasteiger partial charge in [-0.05, 0) is 45.8 Å². The zero-order chi connectivity index (χ0) is 14.5. The molecule has 0 N–H and O–H groups in total. The molecule has 0 atom stereocenters. The fourth-order valence-electron chi connectivity index (χ4n) is 1.57. The predicted octanol–water partition coefficient (Wildman–Crippen LogP) is 3.71. The van der Waals surface area contributed by atoms with Gasteiger partial charge in [0, 0.05) is 16.6 Å². The van der Waals surface area contributed by atoms with Crippen molar-refractivity contribution in [1.29, 1.82) is 0 Å². The lowest BCUT2D eigenvalue weighted by atomic mass is 10.2. The maximum Gasteiger partial charge on any atom is 0.339 e. The van der Waals surface area contributed by atoms with Crippen LogP contribution < -0.4 is 0 Å². The molecule has 0 bridgehead atoms. The lowest BCUT2D eigenvalue weighted by Crippen LogP contribution is -2.06. The maximum absolute atomic E-state index is 11.9. The Kier molecular flexibility index (Phi) is 4.47. The van der Waals surface area contributed by atoms with Crippen LogP contribution in [0.15, 0.2) is 53.0 Å². The van der Waals surface area contributed by atoms with Crippen molar-refractivity contribution in [3.63, 3.8) is 0 Å². The maximum atomic E-state index is 11.9. The van der Waals surface area contributed by atoms with E-state index in [2.05, 4.69) is 15.9 Å². The Morgan fingerprint density at radius 3 is 2.40 bits per heavy atom. The van der Waals surface area contributed by atoms with Gasteiger partial charge in [-0.3, -0.25) is 10.1 Å². The molecule has 0 aliphatic heterocycles. The van der Waals surface area contributed by atoms with Crippen molar-refractivity contribution in [3.8, 4) is 0 Å². The molecule has 6 heteroatoms. The average Bonchev–Trinajstić information content (AvgIpc) is 2.45. The van der Waals surface area contributed by atoms with E-state index in [4.69, 9.17) is 4.74 Å². The van der Waals surface area contributed by atoms with E-state index in [1.54, 1.807) is 36.4 Å². The summed E-state index contributed by atoms with van der Waals surface area (Å²) in [4.78, 5) is 21.9. The molecule has 2 rings (SSSR count). The van der Waals surface area contributed by atoms with E-state index in [-0.39, 0.29) is 12.3 Å². The van der Waals surface area contributed by atoms with Gasteiger partial charge in [0.15, 0.2) is 0 Å². The molecule has 0 amide bonds. The van der Waals surface area contributed by atoms with Crippen LogP contribution in [0.25, 0.3) is 0 Å². The first kappa shape index (κ1) is 14.2. The van der Waals surface area contributed by atoms with E-state index < -0.39 is 10.9 Å². The first-order chi connectivity index (χ1) is 9.58. The molecule has 20 heavy (non-hydrogen) atoms. The third kappa shape index (κ3) is 3.42. The number of carbonyl (C=O) groups is 1. The fraction of sp³-hybridized carbons (Fsp3) is 0.0714. The van der Waals surface area contributed by atoms with Crippen LogP contribution in [0.3, 0.4) is 0 Å². The number of non-ortho nitro benzene ring substituents is 1. The third-order valence-corrected chi connectivity index (χ3v) is 3.30. The van der Waals surface area contributed by atoms with Crippen LogP contribution in [-0.2, 0) is 11.3 Å². The van der Waals surface area contributed by atoms with Crippen molar-refractivity contribution in [2.24, 2.45) is 0 Å². The summed E-state index contributed by atoms with van der Waals surface area (Å²) in [6.07, 6.45) is 0. The SMILES string of the molecule is O=C(OCc1ccc([N+](=O)[O-])cc1)c1ccccc1Br. The molecule has 0 fully saturated rings. The highest BCUT2D eigenvalue weighted by Crippen LogP contribution is 2.18. The van der Waals surface area contributed by atoms with Crippen LogP contribution in [0.4, 0.5) is 5.69 Å². The summed E-state index contributed by atoms with van der Waals surface area (Å²) >= 11 is 3.27. The van der Waals surface area contributed by atoms with Crippen molar-refractivity contribution in [1.82, 2.24) is 0 Å². The number of rotatable bonds is 4. The van der Waals surface area contributed by atoms with Crippen molar-refractivity contribution in [2.45, 2.75) is 6.61 Å². The lowest BCUT2D eigenvalue weighted by Gasteiger charge is -2.06. The molecular formula is C14H10BrNO4. The van der Waals surface area contributed by atoms with Crippen LogP contribution in [-0.4, -0.2) is 10.9 Å². The van der Waals surface area contributed by atoms with Crippen molar-refractivity contribution < 1.29 is 14.5 Å². The number of nitrogens with zero attached hydrogens (tertiary/aromatic N) is 1. The summed E-state index contributed by atoms with van der Waals surface area (Å²) in [7, 11) is 0. The predicted molar refractivity (Wildman–Crippen MR) is 76.4 cm³/mol. The molecular weight excluding hydrogens is 326 g/mol. The Balaban J connectivity index is 2.00. The number of hydrogen-bond donors (Lipinski definition) is 0. The second kappa shape index (κ2) is 6.29. The standard InChI is InChI=1S/C14H10BrNO4/c15-13-4-2-1-3-12(13)14(17)20-9-10-5-7-11(8-6-10)16(18)19/h1-8H,9H2. The highest BCUT2D eigenvalue weighted by molar-refractivity contribution is 9.10. The van der Waals surface area contributed by atoms with Crippen molar-refractivity contribution in [2.75, 3.05) is 0 Å². The number of nitro benzene ring substituents is 1. The Morgan fingerprint density at radius 2 is 1.80 bits per heavy atom. The van der Waals surface area contributed by atoms with Crippen LogP contribution >= 0.6 is 15.9 Å². The number of benzene rings is 2. The van der Waals surface area contributed by atoms with E-state index in [9.17, 15) is 14.9 Å². The quantitative estimate of drug-likeness (QED) is 0.485. The van der Waals surface area contributed by atoms with Crippen LogP contribution in [0.2, 0.25) is 0 Å². The first-order valence-corrected chi connectivity index (χ1v) is 6.52. The molecule has 0 saturated carbocycles. The minimum atomic E-state index is -0.475.